The molecule has 2 aromatic carbocycles. The van der Waals surface area contributed by atoms with Gasteiger partial charge in [-0.25, -0.2) is 0 Å². The molecule has 0 bridgehead atoms. The van der Waals surface area contributed by atoms with Crippen LogP contribution in [0.25, 0.3) is 6.08 Å². The van der Waals surface area contributed by atoms with Gasteiger partial charge in [-0.05, 0) is 54.6 Å². The van der Waals surface area contributed by atoms with Crippen molar-refractivity contribution in [2.75, 3.05) is 43.1 Å². The lowest BCUT2D eigenvalue weighted by atomic mass is 10.1. The SMILES string of the molecule is Cc1ccc(/C=C2/SC(=O)N(CC(=O)Nc3ccc(N4CCOCC4)cc3)C2=O)cc1. The number of rotatable bonds is 5. The Kier molecular flexibility index (Phi) is 6.39. The number of thioether (sulfide) groups is 1. The van der Waals surface area contributed by atoms with Gasteiger partial charge < -0.3 is 15.0 Å². The summed E-state index contributed by atoms with van der Waals surface area (Å²) in [6.45, 7) is 4.74. The molecule has 2 fully saturated rings. The van der Waals surface area contributed by atoms with E-state index in [9.17, 15) is 14.4 Å². The highest BCUT2D eigenvalue weighted by atomic mass is 32.2. The Morgan fingerprint density at radius 3 is 2.42 bits per heavy atom. The molecule has 0 unspecified atom stereocenters. The average Bonchev–Trinajstić information content (AvgIpc) is 3.04. The van der Waals surface area contributed by atoms with Crippen molar-refractivity contribution < 1.29 is 19.1 Å². The van der Waals surface area contributed by atoms with Crippen LogP contribution < -0.4 is 10.2 Å². The number of carbonyl (C=O) groups is 3. The Morgan fingerprint density at radius 2 is 1.74 bits per heavy atom. The van der Waals surface area contributed by atoms with Gasteiger partial charge in [0, 0.05) is 24.5 Å². The minimum atomic E-state index is -0.451. The molecular weight excluding hydrogens is 414 g/mol. The maximum Gasteiger partial charge on any atom is 0.294 e. The van der Waals surface area contributed by atoms with Crippen LogP contribution in [0.3, 0.4) is 0 Å². The van der Waals surface area contributed by atoms with Crippen molar-refractivity contribution in [3.63, 3.8) is 0 Å². The van der Waals surface area contributed by atoms with Gasteiger partial charge in [0.1, 0.15) is 6.54 Å². The number of imide groups is 1. The second-order valence-corrected chi connectivity index (χ2v) is 8.37. The number of nitrogens with one attached hydrogen (secondary N) is 1. The summed E-state index contributed by atoms with van der Waals surface area (Å²) in [5.74, 6) is -0.869. The van der Waals surface area contributed by atoms with E-state index in [4.69, 9.17) is 4.74 Å². The summed E-state index contributed by atoms with van der Waals surface area (Å²) in [5, 5.41) is 2.31. The topological polar surface area (TPSA) is 79.0 Å². The molecule has 3 amide bonds. The molecule has 31 heavy (non-hydrogen) atoms. The summed E-state index contributed by atoms with van der Waals surface area (Å²) < 4.78 is 5.36. The Balaban J connectivity index is 1.36. The lowest BCUT2D eigenvalue weighted by Crippen LogP contribution is -2.36. The van der Waals surface area contributed by atoms with Crippen molar-refractivity contribution in [2.45, 2.75) is 6.92 Å². The molecule has 0 aromatic heterocycles. The lowest BCUT2D eigenvalue weighted by Gasteiger charge is -2.28. The van der Waals surface area contributed by atoms with Crippen LogP contribution in [0.15, 0.2) is 53.4 Å². The summed E-state index contributed by atoms with van der Waals surface area (Å²) in [6.07, 6.45) is 1.67. The summed E-state index contributed by atoms with van der Waals surface area (Å²) in [5.41, 5.74) is 3.62. The van der Waals surface area contributed by atoms with Crippen molar-refractivity contribution >= 4 is 46.3 Å². The van der Waals surface area contributed by atoms with E-state index in [1.807, 2.05) is 55.5 Å². The van der Waals surface area contributed by atoms with E-state index in [0.717, 1.165) is 46.6 Å². The van der Waals surface area contributed by atoms with Crippen molar-refractivity contribution in [3.8, 4) is 0 Å². The van der Waals surface area contributed by atoms with Gasteiger partial charge in [-0.3, -0.25) is 19.3 Å². The van der Waals surface area contributed by atoms with Gasteiger partial charge >= 0.3 is 0 Å². The first kappa shape index (κ1) is 21.1. The lowest BCUT2D eigenvalue weighted by molar-refractivity contribution is -0.127. The maximum atomic E-state index is 12.6. The molecule has 7 nitrogen and oxygen atoms in total. The van der Waals surface area contributed by atoms with Crippen LogP contribution in [0.4, 0.5) is 16.2 Å². The highest BCUT2D eigenvalue weighted by Gasteiger charge is 2.36. The zero-order valence-electron chi connectivity index (χ0n) is 17.2. The van der Waals surface area contributed by atoms with Crippen LogP contribution in [0.2, 0.25) is 0 Å². The smallest absolute Gasteiger partial charge is 0.294 e. The Hall–Kier alpha value is -3.10. The first-order valence-electron chi connectivity index (χ1n) is 10.0. The summed E-state index contributed by atoms with van der Waals surface area (Å²) >= 11 is 0.850. The predicted molar refractivity (Wildman–Crippen MR) is 122 cm³/mol. The van der Waals surface area contributed by atoms with Crippen LogP contribution in [0.1, 0.15) is 11.1 Å². The third-order valence-corrected chi connectivity index (χ3v) is 5.99. The fourth-order valence-corrected chi connectivity index (χ4v) is 4.21. The fraction of sp³-hybridized carbons (Fsp3) is 0.261. The third-order valence-electron chi connectivity index (χ3n) is 5.08. The van der Waals surface area contributed by atoms with E-state index in [1.54, 1.807) is 6.08 Å². The molecule has 0 saturated carbocycles. The number of carbonyl (C=O) groups excluding carboxylic acids is 3. The zero-order valence-corrected chi connectivity index (χ0v) is 18.0. The third kappa shape index (κ3) is 5.15. The number of benzene rings is 2. The number of hydrogen-bond acceptors (Lipinski definition) is 6. The summed E-state index contributed by atoms with van der Waals surface area (Å²) in [4.78, 5) is 40.8. The number of aryl methyl sites for hydroxylation is 1. The van der Waals surface area contributed by atoms with E-state index in [-0.39, 0.29) is 6.54 Å². The van der Waals surface area contributed by atoms with Crippen LogP contribution in [0, 0.1) is 6.92 Å². The summed E-state index contributed by atoms with van der Waals surface area (Å²) in [7, 11) is 0. The molecule has 0 aliphatic carbocycles. The molecular formula is C23H23N3O4S. The van der Waals surface area contributed by atoms with Gasteiger partial charge in [0.25, 0.3) is 11.1 Å². The number of morpholine rings is 1. The van der Waals surface area contributed by atoms with Crippen LogP contribution >= 0.6 is 11.8 Å². The molecule has 2 saturated heterocycles. The predicted octanol–water partition coefficient (Wildman–Crippen LogP) is 3.51. The van der Waals surface area contributed by atoms with Gasteiger partial charge in [-0.15, -0.1) is 0 Å². The van der Waals surface area contributed by atoms with Gasteiger partial charge in [0.05, 0.1) is 18.1 Å². The normalized spacial score (nSPS) is 18.0. The fourth-order valence-electron chi connectivity index (χ4n) is 3.37. The quantitative estimate of drug-likeness (QED) is 0.722. The van der Waals surface area contributed by atoms with Crippen molar-refractivity contribution in [1.29, 1.82) is 0 Å². The monoisotopic (exact) mass is 437 g/mol. The van der Waals surface area contributed by atoms with Gasteiger partial charge in [0.2, 0.25) is 5.91 Å². The summed E-state index contributed by atoms with van der Waals surface area (Å²) in [6, 6.07) is 15.1. The molecule has 2 aliphatic rings. The van der Waals surface area contributed by atoms with Crippen molar-refractivity contribution in [3.05, 3.63) is 64.6 Å². The minimum absolute atomic E-state index is 0.316. The molecule has 1 N–H and O–H groups in total. The largest absolute Gasteiger partial charge is 0.378 e. The van der Waals surface area contributed by atoms with Gasteiger partial charge in [-0.1, -0.05) is 29.8 Å². The van der Waals surface area contributed by atoms with E-state index in [1.165, 1.54) is 0 Å². The van der Waals surface area contributed by atoms with Gasteiger partial charge in [0.15, 0.2) is 0 Å². The van der Waals surface area contributed by atoms with Gasteiger partial charge in [-0.2, -0.15) is 0 Å². The number of amides is 3. The van der Waals surface area contributed by atoms with Crippen LogP contribution in [0.5, 0.6) is 0 Å². The minimum Gasteiger partial charge on any atom is -0.378 e. The molecule has 0 radical (unpaired) electrons. The van der Waals surface area contributed by atoms with Crippen molar-refractivity contribution in [2.24, 2.45) is 0 Å². The maximum absolute atomic E-state index is 12.6. The zero-order chi connectivity index (χ0) is 21.8. The molecule has 160 valence electrons. The van der Waals surface area contributed by atoms with E-state index < -0.39 is 17.1 Å². The van der Waals surface area contributed by atoms with Crippen LogP contribution in [-0.4, -0.2) is 54.8 Å². The molecule has 8 heteroatoms. The standard InChI is InChI=1S/C23H23N3O4S/c1-16-2-4-17(5-3-16)14-20-22(28)26(23(29)31-20)15-21(27)24-18-6-8-19(9-7-18)25-10-12-30-13-11-25/h2-9,14H,10-13,15H2,1H3,(H,24,27)/b20-14+. The Bertz CT molecular complexity index is 1010. The average molecular weight is 438 g/mol. The Labute approximate surface area is 185 Å². The number of nitrogens with zero attached hydrogens (tertiary/aromatic N) is 2. The first-order chi connectivity index (χ1) is 15.0. The first-order valence-corrected chi connectivity index (χ1v) is 10.9. The van der Waals surface area contributed by atoms with Crippen molar-refractivity contribution in [1.82, 2.24) is 4.90 Å². The Morgan fingerprint density at radius 1 is 1.06 bits per heavy atom. The number of hydrogen-bond donors (Lipinski definition) is 1. The molecule has 0 atom stereocenters. The molecule has 2 aliphatic heterocycles. The van der Waals surface area contributed by atoms with E-state index in [0.29, 0.717) is 23.8 Å². The number of ether oxygens (including phenoxy) is 1. The molecule has 0 spiro atoms. The van der Waals surface area contributed by atoms with Crippen LogP contribution in [-0.2, 0) is 14.3 Å². The molecule has 2 heterocycles. The molecule has 4 rings (SSSR count). The second kappa shape index (κ2) is 9.36. The highest BCUT2D eigenvalue weighted by Crippen LogP contribution is 2.32. The number of anilines is 2. The van der Waals surface area contributed by atoms with E-state index in [2.05, 4.69) is 10.2 Å². The molecule has 2 aromatic rings. The van der Waals surface area contributed by atoms with E-state index >= 15 is 0 Å². The highest BCUT2D eigenvalue weighted by molar-refractivity contribution is 8.18. The second-order valence-electron chi connectivity index (χ2n) is 7.37.